The molecule has 0 aliphatic carbocycles. The molecule has 0 spiro atoms. The van der Waals surface area contributed by atoms with Gasteiger partial charge in [0.1, 0.15) is 16.6 Å². The van der Waals surface area contributed by atoms with Gasteiger partial charge in [-0.05, 0) is 24.3 Å². The van der Waals surface area contributed by atoms with Crippen LogP contribution in [-0.4, -0.2) is 18.0 Å². The van der Waals surface area contributed by atoms with E-state index in [1.54, 1.807) is 30.7 Å². The fourth-order valence-electron chi connectivity index (χ4n) is 2.25. The molecule has 1 unspecified atom stereocenters. The number of hydrogen-bond acceptors (Lipinski definition) is 7. The van der Waals surface area contributed by atoms with Crippen molar-refractivity contribution in [1.29, 1.82) is 5.26 Å². The van der Waals surface area contributed by atoms with Crippen LogP contribution >= 0.6 is 11.3 Å². The fourth-order valence-corrected chi connectivity index (χ4v) is 3.06. The summed E-state index contributed by atoms with van der Waals surface area (Å²) >= 11 is 1.41. The monoisotopic (exact) mass is 337 g/mol. The molecule has 0 saturated heterocycles. The SMILES string of the molecule is N#CC(C=Nc1ccc2c(c1)OCO2)c1nc(-c2ccco2)cs1. The fraction of sp³-hybridized carbons (Fsp3) is 0.118. The Kier molecular flexibility index (Phi) is 3.73. The molecule has 118 valence electrons. The predicted molar refractivity (Wildman–Crippen MR) is 88.9 cm³/mol. The Morgan fingerprint density at radius 2 is 2.21 bits per heavy atom. The molecule has 0 fully saturated rings. The summed E-state index contributed by atoms with van der Waals surface area (Å²) in [7, 11) is 0. The van der Waals surface area contributed by atoms with E-state index in [0.717, 1.165) is 5.69 Å². The van der Waals surface area contributed by atoms with Crippen molar-refractivity contribution in [2.75, 3.05) is 6.79 Å². The Balaban J connectivity index is 1.55. The van der Waals surface area contributed by atoms with E-state index >= 15 is 0 Å². The maximum atomic E-state index is 9.41. The third kappa shape index (κ3) is 2.75. The van der Waals surface area contributed by atoms with Gasteiger partial charge >= 0.3 is 0 Å². The number of nitrogens with zero attached hydrogens (tertiary/aromatic N) is 3. The van der Waals surface area contributed by atoms with Gasteiger partial charge in [0.15, 0.2) is 17.3 Å². The highest BCUT2D eigenvalue weighted by atomic mass is 32.1. The molecule has 1 atom stereocenters. The lowest BCUT2D eigenvalue weighted by Crippen LogP contribution is -1.96. The summed E-state index contributed by atoms with van der Waals surface area (Å²) in [6, 6.07) is 11.2. The summed E-state index contributed by atoms with van der Waals surface area (Å²) in [6.07, 6.45) is 3.18. The molecule has 0 saturated carbocycles. The van der Waals surface area contributed by atoms with Gasteiger partial charge in [-0.2, -0.15) is 5.26 Å². The molecular weight excluding hydrogens is 326 g/mol. The molecule has 0 amide bonds. The first-order chi connectivity index (χ1) is 11.8. The van der Waals surface area contributed by atoms with Crippen molar-refractivity contribution in [2.24, 2.45) is 4.99 Å². The van der Waals surface area contributed by atoms with Crippen LogP contribution in [0, 0.1) is 11.3 Å². The van der Waals surface area contributed by atoms with Gasteiger partial charge < -0.3 is 13.9 Å². The van der Waals surface area contributed by atoms with E-state index in [1.807, 2.05) is 17.5 Å². The van der Waals surface area contributed by atoms with Gasteiger partial charge in [0, 0.05) is 17.7 Å². The second-order valence-electron chi connectivity index (χ2n) is 4.97. The van der Waals surface area contributed by atoms with Gasteiger partial charge in [0.05, 0.1) is 18.0 Å². The summed E-state index contributed by atoms with van der Waals surface area (Å²) in [6.45, 7) is 0.220. The summed E-state index contributed by atoms with van der Waals surface area (Å²) in [4.78, 5) is 8.82. The third-order valence-corrected chi connectivity index (χ3v) is 4.36. The van der Waals surface area contributed by atoms with Gasteiger partial charge in [0.2, 0.25) is 6.79 Å². The lowest BCUT2D eigenvalue weighted by molar-refractivity contribution is 0.174. The summed E-state index contributed by atoms with van der Waals surface area (Å²) in [5.41, 5.74) is 1.42. The molecule has 1 aliphatic heterocycles. The standard InChI is InChI=1S/C17H11N3O3S/c18-7-11(17-20-13(9-24-17)14-2-1-5-21-14)8-19-12-3-4-15-16(6-12)23-10-22-15/h1-6,8-9,11H,10H2. The maximum Gasteiger partial charge on any atom is 0.231 e. The van der Waals surface area contributed by atoms with Crippen LogP contribution in [0.5, 0.6) is 11.5 Å². The molecule has 3 heterocycles. The number of thiazole rings is 1. The zero-order valence-electron chi connectivity index (χ0n) is 12.4. The Labute approximate surface area is 141 Å². The van der Waals surface area contributed by atoms with Gasteiger partial charge in [0.25, 0.3) is 0 Å². The molecule has 1 aromatic carbocycles. The molecule has 3 aromatic rings. The van der Waals surface area contributed by atoms with E-state index in [4.69, 9.17) is 13.9 Å². The molecule has 0 bridgehead atoms. The summed E-state index contributed by atoms with van der Waals surface area (Å²) in [5, 5.41) is 12.0. The highest BCUT2D eigenvalue weighted by Gasteiger charge is 2.16. The van der Waals surface area contributed by atoms with Crippen LogP contribution in [0.15, 0.2) is 51.4 Å². The van der Waals surface area contributed by atoms with Crippen molar-refractivity contribution in [3.8, 4) is 29.0 Å². The number of ether oxygens (including phenoxy) is 2. The maximum absolute atomic E-state index is 9.41. The third-order valence-electron chi connectivity index (χ3n) is 3.43. The average molecular weight is 337 g/mol. The normalized spacial score (nSPS) is 14.0. The first-order valence-corrected chi connectivity index (χ1v) is 8.04. The molecule has 4 rings (SSSR count). The van der Waals surface area contributed by atoms with Crippen molar-refractivity contribution < 1.29 is 13.9 Å². The van der Waals surface area contributed by atoms with Crippen molar-refractivity contribution in [2.45, 2.75) is 5.92 Å². The van der Waals surface area contributed by atoms with E-state index in [2.05, 4.69) is 16.0 Å². The van der Waals surface area contributed by atoms with Crippen molar-refractivity contribution >= 4 is 23.2 Å². The van der Waals surface area contributed by atoms with E-state index < -0.39 is 5.92 Å². The van der Waals surface area contributed by atoms with Crippen LogP contribution in [0.1, 0.15) is 10.9 Å². The van der Waals surface area contributed by atoms with Crippen LogP contribution in [0.25, 0.3) is 11.5 Å². The van der Waals surface area contributed by atoms with E-state index in [-0.39, 0.29) is 6.79 Å². The zero-order chi connectivity index (χ0) is 16.4. The molecular formula is C17H11N3O3S. The molecule has 2 aromatic heterocycles. The number of benzene rings is 1. The predicted octanol–water partition coefficient (Wildman–Crippen LogP) is 4.14. The second-order valence-corrected chi connectivity index (χ2v) is 5.86. The lowest BCUT2D eigenvalue weighted by atomic mass is 10.2. The first-order valence-electron chi connectivity index (χ1n) is 7.16. The van der Waals surface area contributed by atoms with Crippen LogP contribution in [0.4, 0.5) is 5.69 Å². The van der Waals surface area contributed by atoms with Gasteiger partial charge in [-0.1, -0.05) is 0 Å². The minimum Gasteiger partial charge on any atom is -0.463 e. The lowest BCUT2D eigenvalue weighted by Gasteiger charge is -2.00. The largest absolute Gasteiger partial charge is 0.463 e. The van der Waals surface area contributed by atoms with Gasteiger partial charge in [-0.25, -0.2) is 4.98 Å². The molecule has 7 heteroatoms. The van der Waals surface area contributed by atoms with E-state index in [1.165, 1.54) is 11.3 Å². The van der Waals surface area contributed by atoms with Crippen LogP contribution in [-0.2, 0) is 0 Å². The molecule has 0 radical (unpaired) electrons. The Hall–Kier alpha value is -3.11. The number of hydrogen-bond donors (Lipinski definition) is 0. The highest BCUT2D eigenvalue weighted by molar-refractivity contribution is 7.10. The number of nitriles is 1. The van der Waals surface area contributed by atoms with E-state index in [0.29, 0.717) is 28.0 Å². The van der Waals surface area contributed by atoms with Crippen LogP contribution < -0.4 is 9.47 Å². The number of aromatic nitrogens is 1. The summed E-state index contributed by atoms with van der Waals surface area (Å²) < 4.78 is 15.9. The number of aliphatic imine (C=N–C) groups is 1. The van der Waals surface area contributed by atoms with Crippen LogP contribution in [0.2, 0.25) is 0 Å². The minimum atomic E-state index is -0.524. The molecule has 0 N–H and O–H groups in total. The van der Waals surface area contributed by atoms with Gasteiger partial charge in [-0.15, -0.1) is 11.3 Å². The van der Waals surface area contributed by atoms with E-state index in [9.17, 15) is 5.26 Å². The Morgan fingerprint density at radius 1 is 1.29 bits per heavy atom. The number of furan rings is 1. The Bertz CT molecular complexity index is 925. The zero-order valence-corrected chi connectivity index (χ0v) is 13.2. The smallest absolute Gasteiger partial charge is 0.231 e. The van der Waals surface area contributed by atoms with Crippen molar-refractivity contribution in [3.05, 3.63) is 47.0 Å². The summed E-state index contributed by atoms with van der Waals surface area (Å²) in [5.74, 6) is 1.52. The van der Waals surface area contributed by atoms with Crippen molar-refractivity contribution in [1.82, 2.24) is 4.98 Å². The molecule has 24 heavy (non-hydrogen) atoms. The molecule has 1 aliphatic rings. The molecule has 6 nitrogen and oxygen atoms in total. The number of fused-ring (bicyclic) bond motifs is 1. The quantitative estimate of drug-likeness (QED) is 0.668. The van der Waals surface area contributed by atoms with Crippen molar-refractivity contribution in [3.63, 3.8) is 0 Å². The average Bonchev–Trinajstić information content (AvgIpc) is 3.35. The first kappa shape index (κ1) is 14.5. The van der Waals surface area contributed by atoms with Crippen LogP contribution in [0.3, 0.4) is 0 Å². The minimum absolute atomic E-state index is 0.220. The number of rotatable bonds is 4. The second kappa shape index (κ2) is 6.18. The Morgan fingerprint density at radius 3 is 3.04 bits per heavy atom. The van der Waals surface area contributed by atoms with Gasteiger partial charge in [-0.3, -0.25) is 4.99 Å². The topological polar surface area (TPSA) is 80.6 Å². The highest BCUT2D eigenvalue weighted by Crippen LogP contribution is 2.35.